The summed E-state index contributed by atoms with van der Waals surface area (Å²) in [4.78, 5) is 15.4. The first-order valence-electron chi connectivity index (χ1n) is 4.90. The molecular weight excluding hydrogens is 218 g/mol. The molecule has 1 rings (SSSR count). The average molecular weight is 233 g/mol. The monoisotopic (exact) mass is 233 g/mol. The number of hydrogen-bond acceptors (Lipinski definition) is 6. The van der Waals surface area contributed by atoms with E-state index in [1.54, 1.807) is 0 Å². The van der Waals surface area contributed by atoms with E-state index < -0.39 is 12.3 Å². The molecule has 0 spiro atoms. The lowest BCUT2D eigenvalue weighted by Gasteiger charge is -2.32. The van der Waals surface area contributed by atoms with E-state index in [1.165, 1.54) is 18.9 Å². The van der Waals surface area contributed by atoms with Crippen molar-refractivity contribution in [1.29, 1.82) is 0 Å². The number of hydrogen-bond donors (Lipinski definition) is 1. The summed E-state index contributed by atoms with van der Waals surface area (Å²) in [6, 6.07) is 0. The lowest BCUT2D eigenvalue weighted by atomic mass is 10.0. The fraction of sp³-hybridized carbons (Fsp3) is 0.875. The van der Waals surface area contributed by atoms with Gasteiger partial charge in [0.1, 0.15) is 0 Å². The Labute approximate surface area is 92.6 Å². The molecule has 1 N–H and O–H groups in total. The largest absolute Gasteiger partial charge is 0.569 e. The predicted molar refractivity (Wildman–Crippen MR) is 50.5 cm³/mol. The molecule has 8 nitrogen and oxygen atoms in total. The summed E-state index contributed by atoms with van der Waals surface area (Å²) in [5.41, 5.74) is 0. The van der Waals surface area contributed by atoms with E-state index in [-0.39, 0.29) is 17.5 Å². The maximum absolute atomic E-state index is 11.2. The Kier molecular flexibility index (Phi) is 4.29. The molecule has 0 bridgehead atoms. The Morgan fingerprint density at radius 2 is 2.38 bits per heavy atom. The van der Waals surface area contributed by atoms with Gasteiger partial charge in [0.15, 0.2) is 0 Å². The van der Waals surface area contributed by atoms with Crippen molar-refractivity contribution in [3.05, 3.63) is 5.21 Å². The van der Waals surface area contributed by atoms with Crippen LogP contribution in [0.3, 0.4) is 0 Å². The van der Waals surface area contributed by atoms with E-state index in [0.29, 0.717) is 13.1 Å². The fourth-order valence-electron chi connectivity index (χ4n) is 1.21. The molecular formula is C8H15N3O5. The van der Waals surface area contributed by atoms with Crippen molar-refractivity contribution in [1.82, 2.24) is 5.01 Å². The maximum Gasteiger partial charge on any atom is 0.305 e. The standard InChI is InChI=1S/C8H15N3O5/c1-6(13)15-7(2)16-9-11(14)10-3-8(4-10)5-12/h7-8,12H,3-5H2,1-2H3. The lowest BCUT2D eigenvalue weighted by molar-refractivity contribution is -0.728. The highest BCUT2D eigenvalue weighted by Gasteiger charge is 2.32. The Hall–Kier alpha value is -1.57. The Morgan fingerprint density at radius 1 is 1.75 bits per heavy atom. The number of carbonyl (C=O) groups excluding carboxylic acids is 1. The lowest BCUT2D eigenvalue weighted by Crippen LogP contribution is -2.51. The van der Waals surface area contributed by atoms with E-state index in [0.717, 1.165) is 0 Å². The highest BCUT2D eigenvalue weighted by molar-refractivity contribution is 5.65. The van der Waals surface area contributed by atoms with E-state index >= 15 is 0 Å². The molecule has 0 amide bonds. The number of ether oxygens (including phenoxy) is 1. The molecule has 0 aromatic rings. The molecule has 0 aromatic carbocycles. The Bertz CT molecular complexity index is 277. The third-order valence-corrected chi connectivity index (χ3v) is 2.04. The van der Waals surface area contributed by atoms with Crippen LogP contribution in [-0.4, -0.2) is 47.0 Å². The van der Waals surface area contributed by atoms with Crippen molar-refractivity contribution >= 4 is 5.97 Å². The number of hydrazine groups is 1. The summed E-state index contributed by atoms with van der Waals surface area (Å²) in [5.74, 6) is -0.401. The second kappa shape index (κ2) is 5.50. The molecule has 92 valence electrons. The van der Waals surface area contributed by atoms with Crippen molar-refractivity contribution < 1.29 is 24.4 Å². The van der Waals surface area contributed by atoms with Gasteiger partial charge in [-0.2, -0.15) is 0 Å². The van der Waals surface area contributed by atoms with Crippen LogP contribution >= 0.6 is 0 Å². The van der Waals surface area contributed by atoms with Gasteiger partial charge in [-0.05, 0) is 0 Å². The second-order valence-electron chi connectivity index (χ2n) is 3.54. The normalized spacial score (nSPS) is 18.9. The SMILES string of the molecule is CC(=O)OC(C)ON=[N+]([O-])N1CC(CO)C1. The quantitative estimate of drug-likeness (QED) is 0.229. The molecule has 1 unspecified atom stereocenters. The highest BCUT2D eigenvalue weighted by atomic mass is 16.8. The van der Waals surface area contributed by atoms with Crippen LogP contribution in [0.15, 0.2) is 5.28 Å². The van der Waals surface area contributed by atoms with Crippen molar-refractivity contribution in [3.8, 4) is 0 Å². The van der Waals surface area contributed by atoms with Gasteiger partial charge in [-0.1, -0.05) is 0 Å². The van der Waals surface area contributed by atoms with Crippen LogP contribution in [0, 0.1) is 11.1 Å². The highest BCUT2D eigenvalue weighted by Crippen LogP contribution is 2.14. The number of aliphatic hydroxyl groups excluding tert-OH is 1. The summed E-state index contributed by atoms with van der Waals surface area (Å²) in [5, 5.41) is 24.5. The van der Waals surface area contributed by atoms with Gasteiger partial charge in [0.25, 0.3) is 6.29 Å². The molecule has 0 radical (unpaired) electrons. The molecule has 0 aliphatic carbocycles. The van der Waals surface area contributed by atoms with Crippen LogP contribution < -0.4 is 0 Å². The van der Waals surface area contributed by atoms with Crippen molar-refractivity contribution in [2.24, 2.45) is 11.2 Å². The first-order valence-corrected chi connectivity index (χ1v) is 4.90. The minimum Gasteiger partial charge on any atom is -0.569 e. The van der Waals surface area contributed by atoms with Crippen molar-refractivity contribution in [2.45, 2.75) is 20.1 Å². The molecule has 1 saturated heterocycles. The maximum atomic E-state index is 11.2. The van der Waals surface area contributed by atoms with Gasteiger partial charge in [-0.25, -0.2) is 0 Å². The molecule has 1 atom stereocenters. The number of esters is 1. The van der Waals surface area contributed by atoms with Gasteiger partial charge in [0, 0.05) is 26.4 Å². The van der Waals surface area contributed by atoms with Crippen LogP contribution in [0.1, 0.15) is 13.8 Å². The first kappa shape index (κ1) is 12.5. The van der Waals surface area contributed by atoms with Crippen LogP contribution in [-0.2, 0) is 14.4 Å². The zero-order chi connectivity index (χ0) is 12.1. The summed E-state index contributed by atoms with van der Waals surface area (Å²) in [7, 11) is 0. The zero-order valence-corrected chi connectivity index (χ0v) is 9.20. The van der Waals surface area contributed by atoms with Gasteiger partial charge in [0.2, 0.25) is 5.28 Å². The van der Waals surface area contributed by atoms with Crippen molar-refractivity contribution in [2.75, 3.05) is 19.7 Å². The zero-order valence-electron chi connectivity index (χ0n) is 9.20. The summed E-state index contributed by atoms with van der Waals surface area (Å²) in [6.07, 6.45) is -0.899. The second-order valence-corrected chi connectivity index (χ2v) is 3.54. The smallest absolute Gasteiger partial charge is 0.305 e. The van der Waals surface area contributed by atoms with E-state index in [1.807, 2.05) is 0 Å². The molecule has 1 fully saturated rings. The number of rotatable bonds is 5. The molecule has 1 heterocycles. The molecule has 1 aliphatic rings. The van der Waals surface area contributed by atoms with Crippen LogP contribution in [0.5, 0.6) is 0 Å². The van der Waals surface area contributed by atoms with Crippen LogP contribution in [0.25, 0.3) is 0 Å². The summed E-state index contributed by atoms with van der Waals surface area (Å²) < 4.78 is 4.60. The van der Waals surface area contributed by atoms with E-state index in [4.69, 9.17) is 5.11 Å². The summed E-state index contributed by atoms with van der Waals surface area (Å²) >= 11 is 0. The molecule has 0 saturated carbocycles. The number of carbonyl (C=O) groups is 1. The average Bonchev–Trinajstić information content (AvgIpc) is 2.12. The van der Waals surface area contributed by atoms with Gasteiger partial charge in [0.05, 0.1) is 18.1 Å². The summed E-state index contributed by atoms with van der Waals surface area (Å²) in [6.45, 7) is 3.61. The van der Waals surface area contributed by atoms with Crippen LogP contribution in [0.4, 0.5) is 0 Å². The third-order valence-electron chi connectivity index (χ3n) is 2.04. The molecule has 16 heavy (non-hydrogen) atoms. The van der Waals surface area contributed by atoms with Gasteiger partial charge in [-0.15, -0.1) is 5.01 Å². The molecule has 8 heteroatoms. The Morgan fingerprint density at radius 3 is 2.88 bits per heavy atom. The fourth-order valence-corrected chi connectivity index (χ4v) is 1.21. The third kappa shape index (κ3) is 3.54. The first-order chi connectivity index (χ1) is 7.52. The van der Waals surface area contributed by atoms with Gasteiger partial charge in [-0.3, -0.25) is 9.63 Å². The van der Waals surface area contributed by atoms with Gasteiger partial charge < -0.3 is 15.1 Å². The topological polar surface area (TPSA) is 97.4 Å². The molecule has 1 aliphatic heterocycles. The predicted octanol–water partition coefficient (Wildman–Crippen LogP) is -0.371. The van der Waals surface area contributed by atoms with E-state index in [9.17, 15) is 10.0 Å². The van der Waals surface area contributed by atoms with Gasteiger partial charge >= 0.3 is 5.97 Å². The van der Waals surface area contributed by atoms with Crippen LogP contribution in [0.2, 0.25) is 0 Å². The number of nitrogens with zero attached hydrogens (tertiary/aromatic N) is 3. The Balaban J connectivity index is 2.26. The minimum absolute atomic E-state index is 0.0506. The molecule has 0 aromatic heterocycles. The minimum atomic E-state index is -0.899. The van der Waals surface area contributed by atoms with Crippen molar-refractivity contribution in [3.63, 3.8) is 0 Å². The number of aliphatic hydroxyl groups is 1. The van der Waals surface area contributed by atoms with E-state index in [2.05, 4.69) is 14.9 Å².